The number of aliphatic hydroxyl groups is 2. The number of carbonyl (C=O) groups is 1. The Morgan fingerprint density at radius 1 is 1.48 bits per heavy atom. The quantitative estimate of drug-likeness (QED) is 0.162. The second-order valence-corrected chi connectivity index (χ2v) is 6.99. The molecule has 158 valence electrons. The number of benzene rings is 1. The van der Waals surface area contributed by atoms with Crippen LogP contribution in [-0.4, -0.2) is 81.9 Å². The molecule has 2 aliphatic heterocycles. The number of aromatic carboxylic acids is 1. The third-order valence-corrected chi connectivity index (χ3v) is 5.00. The van der Waals surface area contributed by atoms with Crippen LogP contribution >= 0.6 is 0 Å². The first-order valence-electron chi connectivity index (χ1n) is 9.20. The van der Waals surface area contributed by atoms with Gasteiger partial charge in [-0.25, -0.2) is 10.6 Å². The summed E-state index contributed by atoms with van der Waals surface area (Å²) in [6.07, 6.45) is 0.836. The van der Waals surface area contributed by atoms with E-state index in [4.69, 9.17) is 26.1 Å². The Balaban J connectivity index is 1.62. The number of carboxylic acids is 1. The maximum Gasteiger partial charge on any atom is 0.522 e. The summed E-state index contributed by atoms with van der Waals surface area (Å²) < 4.78 is 11.1. The number of likely N-dealkylation sites (tertiary alicyclic amines) is 1. The number of rotatable bonds is 8. The average Bonchev–Trinajstić information content (AvgIpc) is 2.64. The Morgan fingerprint density at radius 2 is 2.21 bits per heavy atom. The summed E-state index contributed by atoms with van der Waals surface area (Å²) in [5, 5.41) is 39.9. The Bertz CT molecular complexity index is 787. The molecule has 12 heteroatoms. The Morgan fingerprint density at radius 3 is 2.83 bits per heavy atom. The summed E-state index contributed by atoms with van der Waals surface area (Å²) in [7, 11) is -1.05. The number of nitrogens with zero attached hydrogens (tertiary/aromatic N) is 2. The van der Waals surface area contributed by atoms with Crippen molar-refractivity contribution in [3.63, 3.8) is 0 Å². The molecule has 3 rings (SSSR count). The molecule has 0 saturated carbocycles. The zero-order valence-electron chi connectivity index (χ0n) is 15.8. The van der Waals surface area contributed by atoms with Crippen LogP contribution in [0.15, 0.2) is 24.0 Å². The molecule has 0 radical (unpaired) electrons. The van der Waals surface area contributed by atoms with Gasteiger partial charge in [0.1, 0.15) is 29.4 Å². The predicted molar refractivity (Wildman–Crippen MR) is 103 cm³/mol. The third-order valence-electron chi connectivity index (χ3n) is 5.00. The van der Waals surface area contributed by atoms with E-state index in [1.807, 2.05) is 0 Å². The van der Waals surface area contributed by atoms with Crippen molar-refractivity contribution < 1.29 is 34.5 Å². The minimum absolute atomic E-state index is 0.0290. The predicted octanol–water partition coefficient (Wildman–Crippen LogP) is -1.85. The van der Waals surface area contributed by atoms with Crippen molar-refractivity contribution in [2.75, 3.05) is 26.2 Å². The molecule has 1 aromatic carbocycles. The van der Waals surface area contributed by atoms with Crippen LogP contribution in [0, 0.1) is 0 Å². The summed E-state index contributed by atoms with van der Waals surface area (Å²) in [5.41, 5.74) is 6.22. The smallest absolute Gasteiger partial charge is 0.522 e. The number of hydrazine groups is 1. The molecule has 0 amide bonds. The summed E-state index contributed by atoms with van der Waals surface area (Å²) >= 11 is 0. The second kappa shape index (κ2) is 8.88. The highest BCUT2D eigenvalue weighted by molar-refractivity contribution is 6.44. The number of nitrogens with two attached hydrogens (primary N) is 2. The van der Waals surface area contributed by atoms with Gasteiger partial charge in [-0.05, 0) is 24.4 Å². The molecule has 1 aromatic rings. The molecule has 1 atom stereocenters. The van der Waals surface area contributed by atoms with Crippen LogP contribution < -0.4 is 21.0 Å². The zero-order chi connectivity index (χ0) is 21.1. The van der Waals surface area contributed by atoms with Gasteiger partial charge in [0.25, 0.3) is 0 Å². The van der Waals surface area contributed by atoms with E-state index in [0.29, 0.717) is 31.4 Å². The van der Waals surface area contributed by atoms with Gasteiger partial charge in [-0.3, -0.25) is 4.90 Å². The summed E-state index contributed by atoms with van der Waals surface area (Å²) in [6.45, 7) is 0.393. The molecule has 0 aromatic heterocycles. The van der Waals surface area contributed by atoms with Gasteiger partial charge in [0.05, 0.1) is 18.8 Å². The van der Waals surface area contributed by atoms with Crippen LogP contribution in [0.25, 0.3) is 0 Å². The highest BCUT2D eigenvalue weighted by Gasteiger charge is 2.36. The van der Waals surface area contributed by atoms with Gasteiger partial charge >= 0.3 is 13.1 Å². The lowest BCUT2D eigenvalue weighted by atomic mass is 9.78. The first-order chi connectivity index (χ1) is 13.8. The van der Waals surface area contributed by atoms with Crippen molar-refractivity contribution in [3.05, 3.63) is 35.2 Å². The fraction of sp³-hybridized carbons (Fsp3) is 0.471. The number of aliphatic hydroxyl groups excluding tert-OH is 2. The molecule has 1 fully saturated rings. The molecular formula is C17H25BN4O7. The lowest BCUT2D eigenvalue weighted by Crippen LogP contribution is -2.60. The molecule has 29 heavy (non-hydrogen) atoms. The van der Waals surface area contributed by atoms with Crippen molar-refractivity contribution in [1.82, 2.24) is 9.91 Å². The topological polar surface area (TPSA) is 175 Å². The van der Waals surface area contributed by atoms with E-state index in [1.165, 1.54) is 0 Å². The van der Waals surface area contributed by atoms with Crippen LogP contribution in [0.2, 0.25) is 6.32 Å². The summed E-state index contributed by atoms with van der Waals surface area (Å²) in [6, 6.07) is 3.32. The third kappa shape index (κ3) is 4.57. The largest absolute Gasteiger partial charge is 0.535 e. The molecule has 8 N–H and O–H groups in total. The van der Waals surface area contributed by atoms with Gasteiger partial charge in [0.2, 0.25) is 0 Å². The van der Waals surface area contributed by atoms with Crippen LogP contribution in [0.1, 0.15) is 15.9 Å². The molecule has 0 aliphatic carbocycles. The van der Waals surface area contributed by atoms with E-state index in [9.17, 15) is 20.0 Å². The van der Waals surface area contributed by atoms with Crippen molar-refractivity contribution in [2.24, 2.45) is 11.6 Å². The lowest BCUT2D eigenvalue weighted by Gasteiger charge is -2.43. The standard InChI is InChI=1S/C17H25BN4O7/c19-5-11(9-23)22(20)8-14(24)21-6-12(7-21)28-13-2-1-10-3-4-18(27)29-16(10)15(13)17(25)26/h1-2,5,12,14,23-24,27H,3-4,6-9,19-20H2,(H,25,26)/b11-5-. The molecule has 0 bridgehead atoms. The number of fused-ring (bicyclic) bond motifs is 1. The first kappa shape index (κ1) is 21.2. The normalized spacial score (nSPS) is 18.5. The van der Waals surface area contributed by atoms with Gasteiger partial charge < -0.3 is 40.5 Å². The van der Waals surface area contributed by atoms with Gasteiger partial charge in [0, 0.05) is 19.3 Å². The first-order valence-corrected chi connectivity index (χ1v) is 9.20. The molecule has 11 nitrogen and oxygen atoms in total. The van der Waals surface area contributed by atoms with Gasteiger partial charge in [-0.15, -0.1) is 0 Å². The van der Waals surface area contributed by atoms with E-state index in [1.54, 1.807) is 17.0 Å². The number of aryl methyl sites for hydroxylation is 1. The van der Waals surface area contributed by atoms with E-state index in [0.717, 1.165) is 11.2 Å². The fourth-order valence-corrected chi connectivity index (χ4v) is 3.33. The van der Waals surface area contributed by atoms with E-state index >= 15 is 0 Å². The molecule has 1 unspecified atom stereocenters. The highest BCUT2D eigenvalue weighted by Crippen LogP contribution is 2.37. The van der Waals surface area contributed by atoms with Crippen molar-refractivity contribution in [1.29, 1.82) is 0 Å². The average molecular weight is 408 g/mol. The SMILES string of the molecule is N/C=C(/CO)N(N)CC(O)N1CC(Oc2ccc3c(c2C(=O)O)OB(O)CC3)C1. The van der Waals surface area contributed by atoms with Gasteiger partial charge in [-0.1, -0.05) is 6.07 Å². The number of hydrogen-bond acceptors (Lipinski definition) is 10. The van der Waals surface area contributed by atoms with E-state index in [2.05, 4.69) is 0 Å². The van der Waals surface area contributed by atoms with Crippen LogP contribution in [0.4, 0.5) is 0 Å². The van der Waals surface area contributed by atoms with Crippen molar-refractivity contribution in [2.45, 2.75) is 25.1 Å². The molecule has 0 spiro atoms. The highest BCUT2D eigenvalue weighted by atomic mass is 16.5. The monoisotopic (exact) mass is 408 g/mol. The van der Waals surface area contributed by atoms with E-state index in [-0.39, 0.29) is 42.0 Å². The molecule has 2 heterocycles. The summed E-state index contributed by atoms with van der Waals surface area (Å²) in [5.74, 6) is 4.83. The molecular weight excluding hydrogens is 383 g/mol. The zero-order valence-corrected chi connectivity index (χ0v) is 15.8. The molecule has 1 saturated heterocycles. The number of ether oxygens (including phenoxy) is 1. The van der Waals surface area contributed by atoms with Crippen LogP contribution in [0.3, 0.4) is 0 Å². The number of hydrogen-bond donors (Lipinski definition) is 6. The fourth-order valence-electron chi connectivity index (χ4n) is 3.33. The second-order valence-electron chi connectivity index (χ2n) is 6.99. The minimum Gasteiger partial charge on any atom is -0.535 e. The number of carboxylic acid groups (broad SMARTS) is 1. The molecule has 2 aliphatic rings. The maximum absolute atomic E-state index is 11.8. The maximum atomic E-state index is 11.8. The Hall–Kier alpha value is -2.51. The van der Waals surface area contributed by atoms with Crippen molar-refractivity contribution >= 4 is 13.1 Å². The summed E-state index contributed by atoms with van der Waals surface area (Å²) in [4.78, 5) is 13.4. The minimum atomic E-state index is -1.20. The van der Waals surface area contributed by atoms with Gasteiger partial charge in [-0.2, -0.15) is 0 Å². The van der Waals surface area contributed by atoms with Crippen molar-refractivity contribution in [3.8, 4) is 11.5 Å². The Labute approximate surface area is 167 Å². The van der Waals surface area contributed by atoms with Crippen LogP contribution in [0.5, 0.6) is 11.5 Å². The Kier molecular flexibility index (Phi) is 6.50. The van der Waals surface area contributed by atoms with Gasteiger partial charge in [0.15, 0.2) is 0 Å². The van der Waals surface area contributed by atoms with E-state index < -0.39 is 19.3 Å². The van der Waals surface area contributed by atoms with Crippen LogP contribution in [-0.2, 0) is 6.42 Å². The lowest BCUT2D eigenvalue weighted by molar-refractivity contribution is -0.0986.